The maximum atomic E-state index is 12.0. The Balaban J connectivity index is 2.65. The van der Waals surface area contributed by atoms with Crippen molar-refractivity contribution >= 4 is 11.9 Å². The lowest BCUT2D eigenvalue weighted by Crippen LogP contribution is -2.50. The standard InChI is InChI=1S/C11H20N2O3/c1-7(2)8(9(14)15)13-10(16)11(3)4-5-12-6-11/h7-8,12H,4-6H2,1-3H3,(H,13,16)(H,14,15). The second-order valence-electron chi connectivity index (χ2n) is 5.02. The highest BCUT2D eigenvalue weighted by Crippen LogP contribution is 2.24. The Hall–Kier alpha value is -1.10. The van der Waals surface area contributed by atoms with Crippen molar-refractivity contribution in [2.45, 2.75) is 33.2 Å². The van der Waals surface area contributed by atoms with Gasteiger partial charge in [-0.25, -0.2) is 4.79 Å². The highest BCUT2D eigenvalue weighted by molar-refractivity contribution is 5.87. The SMILES string of the molecule is CC(C)C(NC(=O)C1(C)CCNC1)C(=O)O. The smallest absolute Gasteiger partial charge is 0.326 e. The van der Waals surface area contributed by atoms with Gasteiger partial charge in [0.1, 0.15) is 6.04 Å². The molecule has 2 unspecified atom stereocenters. The second-order valence-corrected chi connectivity index (χ2v) is 5.02. The van der Waals surface area contributed by atoms with Crippen LogP contribution in [0.1, 0.15) is 27.2 Å². The van der Waals surface area contributed by atoms with E-state index in [1.54, 1.807) is 13.8 Å². The maximum absolute atomic E-state index is 12.0. The molecule has 5 nitrogen and oxygen atoms in total. The number of nitrogens with one attached hydrogen (secondary N) is 2. The molecule has 1 saturated heterocycles. The van der Waals surface area contributed by atoms with E-state index in [0.29, 0.717) is 6.54 Å². The topological polar surface area (TPSA) is 78.4 Å². The van der Waals surface area contributed by atoms with Crippen molar-refractivity contribution in [1.82, 2.24) is 10.6 Å². The quantitative estimate of drug-likeness (QED) is 0.643. The molecule has 0 aliphatic carbocycles. The first-order chi connectivity index (χ1) is 7.37. The van der Waals surface area contributed by atoms with Crippen LogP contribution in [0.2, 0.25) is 0 Å². The molecule has 2 atom stereocenters. The van der Waals surface area contributed by atoms with Crippen molar-refractivity contribution in [2.24, 2.45) is 11.3 Å². The van der Waals surface area contributed by atoms with Gasteiger partial charge in [-0.3, -0.25) is 4.79 Å². The predicted molar refractivity (Wildman–Crippen MR) is 60.0 cm³/mol. The first-order valence-electron chi connectivity index (χ1n) is 5.61. The number of carbonyl (C=O) groups is 2. The molecule has 1 rings (SSSR count). The Bertz CT molecular complexity index is 283. The van der Waals surface area contributed by atoms with Gasteiger partial charge in [0.15, 0.2) is 0 Å². The summed E-state index contributed by atoms with van der Waals surface area (Å²) in [5.41, 5.74) is -0.470. The summed E-state index contributed by atoms with van der Waals surface area (Å²) < 4.78 is 0. The minimum absolute atomic E-state index is 0.112. The minimum atomic E-state index is -0.974. The number of hydrogen-bond acceptors (Lipinski definition) is 3. The number of rotatable bonds is 4. The van der Waals surface area contributed by atoms with Gasteiger partial charge in [0.2, 0.25) is 5.91 Å². The Morgan fingerprint density at radius 2 is 2.06 bits per heavy atom. The lowest BCUT2D eigenvalue weighted by atomic mass is 9.88. The van der Waals surface area contributed by atoms with Gasteiger partial charge in [-0.1, -0.05) is 13.8 Å². The summed E-state index contributed by atoms with van der Waals surface area (Å²) in [5, 5.41) is 14.7. The zero-order valence-electron chi connectivity index (χ0n) is 10.0. The Morgan fingerprint density at radius 3 is 2.44 bits per heavy atom. The molecule has 1 aliphatic heterocycles. The lowest BCUT2D eigenvalue weighted by Gasteiger charge is -2.26. The third-order valence-electron chi connectivity index (χ3n) is 3.14. The number of aliphatic carboxylic acids is 1. The molecule has 3 N–H and O–H groups in total. The molecule has 92 valence electrons. The fraction of sp³-hybridized carbons (Fsp3) is 0.818. The largest absolute Gasteiger partial charge is 0.480 e. The molecule has 0 radical (unpaired) electrons. The van der Waals surface area contributed by atoms with E-state index in [4.69, 9.17) is 5.11 Å². The summed E-state index contributed by atoms with van der Waals surface area (Å²) in [7, 11) is 0. The van der Waals surface area contributed by atoms with Crippen molar-refractivity contribution in [3.63, 3.8) is 0 Å². The number of hydrogen-bond donors (Lipinski definition) is 3. The Morgan fingerprint density at radius 1 is 1.44 bits per heavy atom. The van der Waals surface area contributed by atoms with Crippen LogP contribution < -0.4 is 10.6 Å². The van der Waals surface area contributed by atoms with Gasteiger partial charge in [-0.2, -0.15) is 0 Å². The molecule has 1 amide bonds. The first kappa shape index (κ1) is 13.0. The van der Waals surface area contributed by atoms with E-state index in [2.05, 4.69) is 10.6 Å². The third-order valence-corrected chi connectivity index (χ3v) is 3.14. The van der Waals surface area contributed by atoms with Crippen LogP contribution in [0.15, 0.2) is 0 Å². The van der Waals surface area contributed by atoms with Crippen LogP contribution in [0, 0.1) is 11.3 Å². The van der Waals surface area contributed by atoms with Gasteiger partial charge in [0, 0.05) is 6.54 Å². The Labute approximate surface area is 95.6 Å². The van der Waals surface area contributed by atoms with E-state index in [0.717, 1.165) is 13.0 Å². The van der Waals surface area contributed by atoms with Crippen LogP contribution >= 0.6 is 0 Å². The normalized spacial score (nSPS) is 26.8. The fourth-order valence-corrected chi connectivity index (χ4v) is 1.84. The fourth-order valence-electron chi connectivity index (χ4n) is 1.84. The third kappa shape index (κ3) is 2.72. The molecule has 1 fully saturated rings. The molecule has 0 aromatic heterocycles. The van der Waals surface area contributed by atoms with Crippen molar-refractivity contribution < 1.29 is 14.7 Å². The average Bonchev–Trinajstić information content (AvgIpc) is 2.61. The number of carbonyl (C=O) groups excluding carboxylic acids is 1. The maximum Gasteiger partial charge on any atom is 0.326 e. The van der Waals surface area contributed by atoms with Crippen LogP contribution in [0.4, 0.5) is 0 Å². The highest BCUT2D eigenvalue weighted by atomic mass is 16.4. The van der Waals surface area contributed by atoms with Gasteiger partial charge in [-0.05, 0) is 25.8 Å². The summed E-state index contributed by atoms with van der Waals surface area (Å²) in [6, 6.07) is -0.801. The van der Waals surface area contributed by atoms with E-state index in [-0.39, 0.29) is 11.8 Å². The van der Waals surface area contributed by atoms with Crippen molar-refractivity contribution in [2.75, 3.05) is 13.1 Å². The summed E-state index contributed by atoms with van der Waals surface area (Å²) in [6.45, 7) is 6.86. The van der Waals surface area contributed by atoms with Crippen LogP contribution in [-0.4, -0.2) is 36.1 Å². The van der Waals surface area contributed by atoms with E-state index < -0.39 is 17.4 Å². The van der Waals surface area contributed by atoms with E-state index in [1.165, 1.54) is 0 Å². The molecule has 16 heavy (non-hydrogen) atoms. The second kappa shape index (κ2) is 4.82. The zero-order chi connectivity index (χ0) is 12.3. The molecule has 1 aliphatic rings. The first-order valence-corrected chi connectivity index (χ1v) is 5.61. The molecule has 0 spiro atoms. The summed E-state index contributed by atoms with van der Waals surface area (Å²) in [4.78, 5) is 22.9. The van der Waals surface area contributed by atoms with Gasteiger partial charge in [0.05, 0.1) is 5.41 Å². The highest BCUT2D eigenvalue weighted by Gasteiger charge is 2.38. The summed E-state index contributed by atoms with van der Waals surface area (Å²) in [5.74, 6) is -1.25. The van der Waals surface area contributed by atoms with Crippen molar-refractivity contribution in [1.29, 1.82) is 0 Å². The monoisotopic (exact) mass is 228 g/mol. The van der Waals surface area contributed by atoms with Crippen molar-refractivity contribution in [3.8, 4) is 0 Å². The van der Waals surface area contributed by atoms with E-state index in [9.17, 15) is 9.59 Å². The van der Waals surface area contributed by atoms with Gasteiger partial charge < -0.3 is 15.7 Å². The van der Waals surface area contributed by atoms with E-state index >= 15 is 0 Å². The molecular formula is C11H20N2O3. The average molecular weight is 228 g/mol. The molecule has 0 saturated carbocycles. The molecule has 0 bridgehead atoms. The molecule has 0 aromatic carbocycles. The number of carboxylic acid groups (broad SMARTS) is 1. The van der Waals surface area contributed by atoms with Gasteiger partial charge >= 0.3 is 5.97 Å². The number of carboxylic acids is 1. The minimum Gasteiger partial charge on any atom is -0.480 e. The van der Waals surface area contributed by atoms with Crippen LogP contribution in [0.25, 0.3) is 0 Å². The van der Waals surface area contributed by atoms with Gasteiger partial charge in [0.25, 0.3) is 0 Å². The van der Waals surface area contributed by atoms with Crippen molar-refractivity contribution in [3.05, 3.63) is 0 Å². The molecule has 1 heterocycles. The zero-order valence-corrected chi connectivity index (χ0v) is 10.0. The van der Waals surface area contributed by atoms with Crippen LogP contribution in [-0.2, 0) is 9.59 Å². The predicted octanol–water partition coefficient (Wildman–Crippen LogP) is 0.211. The lowest BCUT2D eigenvalue weighted by molar-refractivity contribution is -0.144. The summed E-state index contributed by atoms with van der Waals surface area (Å²) in [6.07, 6.45) is 0.753. The van der Waals surface area contributed by atoms with E-state index in [1.807, 2.05) is 6.92 Å². The van der Waals surface area contributed by atoms with Gasteiger partial charge in [-0.15, -0.1) is 0 Å². The summed E-state index contributed by atoms with van der Waals surface area (Å²) >= 11 is 0. The molecular weight excluding hydrogens is 208 g/mol. The van der Waals surface area contributed by atoms with Crippen LogP contribution in [0.3, 0.4) is 0 Å². The molecule has 5 heteroatoms. The number of amides is 1. The Kier molecular flexibility index (Phi) is 3.91. The molecule has 0 aromatic rings. The van der Waals surface area contributed by atoms with Crippen LogP contribution in [0.5, 0.6) is 0 Å².